The van der Waals surface area contributed by atoms with Crippen LogP contribution < -0.4 is 4.74 Å². The predicted molar refractivity (Wildman–Crippen MR) is 74.4 cm³/mol. The summed E-state index contributed by atoms with van der Waals surface area (Å²) < 4.78 is 5.92. The molecule has 5 nitrogen and oxygen atoms in total. The van der Waals surface area contributed by atoms with E-state index in [1.807, 2.05) is 18.2 Å². The van der Waals surface area contributed by atoms with Crippen molar-refractivity contribution in [3.63, 3.8) is 0 Å². The summed E-state index contributed by atoms with van der Waals surface area (Å²) >= 11 is 0. The van der Waals surface area contributed by atoms with E-state index < -0.39 is 0 Å². The highest BCUT2D eigenvalue weighted by atomic mass is 16.5. The van der Waals surface area contributed by atoms with Gasteiger partial charge in [0.15, 0.2) is 6.10 Å². The van der Waals surface area contributed by atoms with Crippen molar-refractivity contribution in [2.45, 2.75) is 31.8 Å². The zero-order chi connectivity index (χ0) is 14.1. The third-order valence-corrected chi connectivity index (χ3v) is 4.05. The Labute approximate surface area is 117 Å². The number of benzene rings is 1. The summed E-state index contributed by atoms with van der Waals surface area (Å²) in [6, 6.07) is 5.72. The lowest BCUT2D eigenvalue weighted by Gasteiger charge is -2.22. The summed E-state index contributed by atoms with van der Waals surface area (Å²) in [5, 5.41) is 12.5. The molecule has 1 aliphatic carbocycles. The van der Waals surface area contributed by atoms with Gasteiger partial charge >= 0.3 is 0 Å². The average Bonchev–Trinajstić information content (AvgIpc) is 2.79. The van der Waals surface area contributed by atoms with Gasteiger partial charge < -0.3 is 14.8 Å². The second-order valence-corrected chi connectivity index (χ2v) is 5.34. The Morgan fingerprint density at radius 3 is 2.95 bits per heavy atom. The lowest BCUT2D eigenvalue weighted by molar-refractivity contribution is -0.132. The van der Waals surface area contributed by atoms with Crippen molar-refractivity contribution < 1.29 is 14.7 Å². The fraction of sp³-hybridized carbons (Fsp3) is 0.467. The Bertz CT molecular complexity index is 568. The summed E-state index contributed by atoms with van der Waals surface area (Å²) in [7, 11) is 1.79. The molecule has 5 heteroatoms. The first-order valence-corrected chi connectivity index (χ1v) is 6.95. The van der Waals surface area contributed by atoms with Gasteiger partial charge in [0.2, 0.25) is 0 Å². The molecular weight excluding hydrogens is 256 g/mol. The lowest BCUT2D eigenvalue weighted by atomic mass is 9.89. The molecule has 1 aromatic carbocycles. The van der Waals surface area contributed by atoms with Gasteiger partial charge in [-0.3, -0.25) is 4.79 Å². The maximum absolute atomic E-state index is 11.9. The maximum Gasteiger partial charge on any atom is 0.263 e. The molecule has 0 saturated carbocycles. The highest BCUT2D eigenvalue weighted by molar-refractivity contribution is 6.02. The molecule has 1 unspecified atom stereocenters. The average molecular weight is 274 g/mol. The first kappa shape index (κ1) is 13.0. The van der Waals surface area contributed by atoms with Crippen LogP contribution in [0.5, 0.6) is 5.75 Å². The largest absolute Gasteiger partial charge is 0.480 e. The van der Waals surface area contributed by atoms with Crippen LogP contribution in [-0.2, 0) is 11.2 Å². The van der Waals surface area contributed by atoms with Crippen LogP contribution in [0.3, 0.4) is 0 Å². The molecular formula is C15H18N2O3. The Balaban J connectivity index is 1.90. The van der Waals surface area contributed by atoms with Crippen molar-refractivity contribution in [3.05, 3.63) is 29.3 Å². The number of amides is 1. The Morgan fingerprint density at radius 2 is 2.25 bits per heavy atom. The highest BCUT2D eigenvalue weighted by Gasteiger charge is 2.32. The van der Waals surface area contributed by atoms with Gasteiger partial charge in [0.05, 0.1) is 5.71 Å². The van der Waals surface area contributed by atoms with Crippen molar-refractivity contribution in [2.75, 3.05) is 13.6 Å². The monoisotopic (exact) mass is 274 g/mol. The molecule has 20 heavy (non-hydrogen) atoms. The molecule has 0 spiro atoms. The number of ether oxygens (including phenoxy) is 1. The maximum atomic E-state index is 11.9. The summed E-state index contributed by atoms with van der Waals surface area (Å²) in [4.78, 5) is 13.6. The Kier molecular flexibility index (Phi) is 3.34. The minimum Gasteiger partial charge on any atom is -0.480 e. The first-order chi connectivity index (χ1) is 9.70. The Morgan fingerprint density at radius 1 is 1.40 bits per heavy atom. The number of oxime groups is 1. The van der Waals surface area contributed by atoms with E-state index in [2.05, 4.69) is 5.16 Å². The lowest BCUT2D eigenvalue weighted by Crippen LogP contribution is -2.30. The van der Waals surface area contributed by atoms with Gasteiger partial charge in [-0.15, -0.1) is 0 Å². The van der Waals surface area contributed by atoms with Crippen LogP contribution in [0.25, 0.3) is 0 Å². The molecule has 106 valence electrons. The first-order valence-electron chi connectivity index (χ1n) is 6.95. The number of likely N-dealkylation sites (tertiary alicyclic amines) is 1. The third kappa shape index (κ3) is 2.13. The number of hydrogen-bond donors (Lipinski definition) is 1. The van der Waals surface area contributed by atoms with Gasteiger partial charge in [0, 0.05) is 31.1 Å². The number of hydrogen-bond acceptors (Lipinski definition) is 4. The van der Waals surface area contributed by atoms with E-state index in [4.69, 9.17) is 9.94 Å². The van der Waals surface area contributed by atoms with Gasteiger partial charge in [-0.05, 0) is 25.3 Å². The van der Waals surface area contributed by atoms with Crippen molar-refractivity contribution in [1.29, 1.82) is 0 Å². The van der Waals surface area contributed by atoms with Gasteiger partial charge in [-0.2, -0.15) is 0 Å². The van der Waals surface area contributed by atoms with Crippen LogP contribution in [0.15, 0.2) is 23.4 Å². The van der Waals surface area contributed by atoms with E-state index in [1.165, 1.54) is 0 Å². The molecule has 1 atom stereocenters. The van der Waals surface area contributed by atoms with Crippen molar-refractivity contribution in [3.8, 4) is 5.75 Å². The van der Waals surface area contributed by atoms with Gasteiger partial charge in [0.25, 0.3) is 5.91 Å². The van der Waals surface area contributed by atoms with Crippen molar-refractivity contribution in [1.82, 2.24) is 4.90 Å². The zero-order valence-electron chi connectivity index (χ0n) is 11.5. The van der Waals surface area contributed by atoms with Crippen molar-refractivity contribution >= 4 is 11.6 Å². The van der Waals surface area contributed by atoms with Crippen LogP contribution in [-0.4, -0.2) is 41.4 Å². The Hall–Kier alpha value is -2.04. The number of carbonyl (C=O) groups is 1. The zero-order valence-corrected chi connectivity index (χ0v) is 11.5. The summed E-state index contributed by atoms with van der Waals surface area (Å²) in [5.41, 5.74) is 2.69. The number of likely N-dealkylation sites (N-methyl/N-ethyl adjacent to an activating group) is 1. The summed E-state index contributed by atoms with van der Waals surface area (Å²) in [5.74, 6) is 0.784. The second-order valence-electron chi connectivity index (χ2n) is 5.34. The van der Waals surface area contributed by atoms with Gasteiger partial charge in [0.1, 0.15) is 5.75 Å². The molecule has 0 radical (unpaired) electrons. The molecule has 1 fully saturated rings. The molecule has 0 bridgehead atoms. The van der Waals surface area contributed by atoms with E-state index in [0.29, 0.717) is 5.71 Å². The van der Waals surface area contributed by atoms with E-state index in [0.717, 1.165) is 49.1 Å². The standard InChI is InChI=1S/C15H18N2O3/c1-17-9-8-14(15(17)18)20-13-7-3-4-10-11(13)5-2-6-12(10)16-19/h3-4,7,14,19H,2,5-6,8-9H2,1H3. The molecule has 1 heterocycles. The van der Waals surface area contributed by atoms with Crippen LogP contribution in [0.1, 0.15) is 30.4 Å². The fourth-order valence-corrected chi connectivity index (χ4v) is 2.93. The molecule has 1 aromatic rings. The molecule has 0 aromatic heterocycles. The molecule has 1 amide bonds. The topological polar surface area (TPSA) is 62.1 Å². The summed E-state index contributed by atoms with van der Waals surface area (Å²) in [6.07, 6.45) is 2.94. The molecule has 2 aliphatic rings. The van der Waals surface area contributed by atoms with Crippen LogP contribution in [0.2, 0.25) is 0 Å². The quantitative estimate of drug-likeness (QED) is 0.661. The molecule has 3 rings (SSSR count). The number of fused-ring (bicyclic) bond motifs is 1. The summed E-state index contributed by atoms with van der Waals surface area (Å²) in [6.45, 7) is 0.738. The van der Waals surface area contributed by atoms with Crippen LogP contribution >= 0.6 is 0 Å². The minimum atomic E-state index is -0.386. The number of nitrogens with zero attached hydrogens (tertiary/aromatic N) is 2. The fourth-order valence-electron chi connectivity index (χ4n) is 2.93. The van der Waals surface area contributed by atoms with Gasteiger partial charge in [-0.25, -0.2) is 0 Å². The van der Waals surface area contributed by atoms with Crippen LogP contribution in [0.4, 0.5) is 0 Å². The molecule has 1 N–H and O–H groups in total. The molecule has 1 saturated heterocycles. The number of carbonyl (C=O) groups excluding carboxylic acids is 1. The van der Waals surface area contributed by atoms with E-state index in [-0.39, 0.29) is 12.0 Å². The molecule has 1 aliphatic heterocycles. The van der Waals surface area contributed by atoms with E-state index in [9.17, 15) is 4.79 Å². The number of rotatable bonds is 2. The normalized spacial score (nSPS) is 24.1. The third-order valence-electron chi connectivity index (χ3n) is 4.05. The van der Waals surface area contributed by atoms with Crippen molar-refractivity contribution in [2.24, 2.45) is 5.16 Å². The highest BCUT2D eigenvalue weighted by Crippen LogP contribution is 2.31. The SMILES string of the molecule is CN1CCC(Oc2cccc3c2CCCC3=NO)C1=O. The second kappa shape index (κ2) is 5.15. The van der Waals surface area contributed by atoms with E-state index >= 15 is 0 Å². The smallest absolute Gasteiger partial charge is 0.263 e. The predicted octanol–water partition coefficient (Wildman–Crippen LogP) is 1.81. The van der Waals surface area contributed by atoms with Crippen LogP contribution in [0, 0.1) is 0 Å². The van der Waals surface area contributed by atoms with E-state index in [1.54, 1.807) is 11.9 Å². The minimum absolute atomic E-state index is 0.0365. The van der Waals surface area contributed by atoms with Gasteiger partial charge in [-0.1, -0.05) is 17.3 Å².